The van der Waals surface area contributed by atoms with Gasteiger partial charge < -0.3 is 14.0 Å². The van der Waals surface area contributed by atoms with E-state index in [9.17, 15) is 0 Å². The topological polar surface area (TPSA) is 23.4 Å². The third-order valence-electron chi connectivity index (χ3n) is 8.34. The average molecular weight is 546 g/mol. The zero-order valence-corrected chi connectivity index (χ0v) is 22.6. The molecule has 0 N–H and O–H groups in total. The van der Waals surface area contributed by atoms with Crippen molar-refractivity contribution in [3.63, 3.8) is 0 Å². The summed E-state index contributed by atoms with van der Waals surface area (Å²) in [6.45, 7) is -0.266. The molecule has 0 saturated carbocycles. The molecule has 0 bridgehead atoms. The molecule has 3 heterocycles. The molecule has 9 rings (SSSR count). The number of hydrogen-bond donors (Lipinski definition) is 0. The summed E-state index contributed by atoms with van der Waals surface area (Å²) in [6, 6.07) is 44.3. The maximum Gasteiger partial charge on any atom is 0.434 e. The summed E-state index contributed by atoms with van der Waals surface area (Å²) in [5.41, 5.74) is 9.87. The smallest absolute Gasteiger partial charge is 0.434 e. The summed E-state index contributed by atoms with van der Waals surface area (Å²) < 4.78 is 15.6. The number of ether oxygens (including phenoxy) is 1. The number of aromatic nitrogens is 1. The molecule has 0 amide bonds. The van der Waals surface area contributed by atoms with Gasteiger partial charge in [-0.05, 0) is 65.7 Å². The van der Waals surface area contributed by atoms with Gasteiger partial charge in [-0.15, -0.1) is 0 Å². The Balaban J connectivity index is 1.33. The Morgan fingerprint density at radius 1 is 0.561 bits per heavy atom. The van der Waals surface area contributed by atoms with Crippen LogP contribution in [0.25, 0.3) is 49.7 Å². The molecule has 2 aliphatic heterocycles. The fourth-order valence-corrected chi connectivity index (χ4v) is 6.75. The Morgan fingerprint density at radius 3 is 2.10 bits per heavy atom. The lowest BCUT2D eigenvalue weighted by Gasteiger charge is -2.33. The third kappa shape index (κ3) is 3.29. The van der Waals surface area contributed by atoms with E-state index in [4.69, 9.17) is 21.0 Å². The van der Waals surface area contributed by atoms with Gasteiger partial charge >= 0.3 is 6.92 Å². The number of rotatable bonds is 2. The van der Waals surface area contributed by atoms with Crippen LogP contribution in [0.3, 0.4) is 0 Å². The average Bonchev–Trinajstić information content (AvgIpc) is 3.35. The molecule has 0 saturated heterocycles. The van der Waals surface area contributed by atoms with E-state index in [0.29, 0.717) is 5.02 Å². The van der Waals surface area contributed by atoms with Crippen molar-refractivity contribution >= 4 is 51.2 Å². The number of halogens is 1. The van der Waals surface area contributed by atoms with Crippen molar-refractivity contribution in [2.24, 2.45) is 0 Å². The minimum atomic E-state index is -0.266. The van der Waals surface area contributed by atoms with Crippen molar-refractivity contribution < 1.29 is 9.39 Å². The van der Waals surface area contributed by atoms with E-state index in [1.165, 1.54) is 21.8 Å². The first-order valence-electron chi connectivity index (χ1n) is 13.7. The summed E-state index contributed by atoms with van der Waals surface area (Å²) in [4.78, 5) is 0. The second-order valence-corrected chi connectivity index (χ2v) is 11.0. The lowest BCUT2D eigenvalue weighted by molar-refractivity contribution is 0.479. The van der Waals surface area contributed by atoms with Crippen LogP contribution in [0.2, 0.25) is 5.02 Å². The van der Waals surface area contributed by atoms with Gasteiger partial charge in [-0.2, -0.15) is 0 Å². The Hall–Kier alpha value is -4.93. The highest BCUT2D eigenvalue weighted by atomic mass is 35.5. The van der Waals surface area contributed by atoms with Crippen LogP contribution < -0.4 is 20.3 Å². The van der Waals surface area contributed by atoms with Crippen molar-refractivity contribution in [2.45, 2.75) is 0 Å². The van der Waals surface area contributed by atoms with Crippen molar-refractivity contribution in [3.8, 4) is 45.2 Å². The van der Waals surface area contributed by atoms with Crippen LogP contribution in [0, 0.1) is 0 Å². The van der Waals surface area contributed by atoms with E-state index in [2.05, 4.69) is 95.6 Å². The van der Waals surface area contributed by atoms with E-state index in [1.807, 2.05) is 36.4 Å². The second-order valence-electron chi connectivity index (χ2n) is 10.6. The van der Waals surface area contributed by atoms with Gasteiger partial charge in [0.25, 0.3) is 0 Å². The molecule has 0 unspecified atom stereocenters. The Morgan fingerprint density at radius 2 is 1.27 bits per heavy atom. The van der Waals surface area contributed by atoms with Gasteiger partial charge in [-0.25, -0.2) is 0 Å². The van der Waals surface area contributed by atoms with Crippen LogP contribution in [-0.2, 0) is 0 Å². The van der Waals surface area contributed by atoms with E-state index in [0.717, 1.165) is 56.1 Å². The Kier molecular flexibility index (Phi) is 4.76. The van der Waals surface area contributed by atoms with Crippen LogP contribution in [0.15, 0.2) is 127 Å². The van der Waals surface area contributed by atoms with Gasteiger partial charge in [-0.3, -0.25) is 0 Å². The molecule has 0 aliphatic carbocycles. The zero-order valence-electron chi connectivity index (χ0n) is 21.8. The molecule has 0 atom stereocenters. The SMILES string of the molecule is Clc1ccc2c(c1)OB1c3ccccc3Oc3cc(-c4ccccc4-n4c5ccccc5c5ccccc54)cc-2c31. The molecular weight excluding hydrogens is 525 g/mol. The fourth-order valence-electron chi connectivity index (χ4n) is 6.58. The first-order chi connectivity index (χ1) is 20.2. The quantitative estimate of drug-likeness (QED) is 0.204. The monoisotopic (exact) mass is 545 g/mol. The summed E-state index contributed by atoms with van der Waals surface area (Å²) in [5, 5.41) is 3.13. The molecule has 7 aromatic rings. The summed E-state index contributed by atoms with van der Waals surface area (Å²) >= 11 is 6.43. The van der Waals surface area contributed by atoms with Gasteiger partial charge in [-0.1, -0.05) is 84.4 Å². The van der Waals surface area contributed by atoms with Gasteiger partial charge in [0.05, 0.1) is 16.7 Å². The lowest BCUT2D eigenvalue weighted by Crippen LogP contribution is -2.53. The van der Waals surface area contributed by atoms with Gasteiger partial charge in [0, 0.05) is 37.8 Å². The highest BCUT2D eigenvalue weighted by molar-refractivity contribution is 6.84. The predicted octanol–water partition coefficient (Wildman–Crippen LogP) is 8.37. The highest BCUT2D eigenvalue weighted by Gasteiger charge is 2.41. The molecule has 0 fully saturated rings. The van der Waals surface area contributed by atoms with Crippen LogP contribution in [0.4, 0.5) is 0 Å². The maximum absolute atomic E-state index is 6.60. The third-order valence-corrected chi connectivity index (χ3v) is 8.58. The highest BCUT2D eigenvalue weighted by Crippen LogP contribution is 2.44. The van der Waals surface area contributed by atoms with Crippen molar-refractivity contribution in [2.75, 3.05) is 0 Å². The normalized spacial score (nSPS) is 12.9. The fraction of sp³-hybridized carbons (Fsp3) is 0. The van der Waals surface area contributed by atoms with Gasteiger partial charge in [0.1, 0.15) is 17.2 Å². The molecule has 6 aromatic carbocycles. The second kappa shape index (κ2) is 8.54. The number of para-hydroxylation sites is 4. The summed E-state index contributed by atoms with van der Waals surface area (Å²) in [6.07, 6.45) is 0. The van der Waals surface area contributed by atoms with Crippen molar-refractivity contribution in [3.05, 3.63) is 132 Å². The number of fused-ring (bicyclic) bond motifs is 7. The molecule has 1 aromatic heterocycles. The van der Waals surface area contributed by atoms with Crippen LogP contribution in [0.1, 0.15) is 0 Å². The minimum Gasteiger partial charge on any atom is -0.551 e. The Bertz CT molecular complexity index is 2150. The molecule has 0 spiro atoms. The summed E-state index contributed by atoms with van der Waals surface area (Å²) in [7, 11) is 0. The summed E-state index contributed by atoms with van der Waals surface area (Å²) in [5.74, 6) is 2.42. The van der Waals surface area contributed by atoms with E-state index < -0.39 is 0 Å². The maximum atomic E-state index is 6.60. The number of benzene rings is 6. The standard InChI is InChI=1S/C36H21BClNO2/c38-23-17-18-27-28-19-22(20-35-36(28)37(41-34(27)21-23)29-12-4-8-16-33(29)40-35)24-9-1-5-13-30(24)39-31-14-6-2-10-25(31)26-11-3-7-15-32(26)39/h1-21H. The van der Waals surface area contributed by atoms with E-state index in [1.54, 1.807) is 0 Å². The van der Waals surface area contributed by atoms with Gasteiger partial charge in [0.15, 0.2) is 0 Å². The van der Waals surface area contributed by atoms with Crippen molar-refractivity contribution in [1.82, 2.24) is 4.57 Å². The van der Waals surface area contributed by atoms with Crippen LogP contribution >= 0.6 is 11.6 Å². The lowest BCUT2D eigenvalue weighted by atomic mass is 9.50. The first-order valence-corrected chi connectivity index (χ1v) is 14.1. The molecule has 3 nitrogen and oxygen atoms in total. The van der Waals surface area contributed by atoms with Gasteiger partial charge in [0.2, 0.25) is 0 Å². The van der Waals surface area contributed by atoms with Crippen molar-refractivity contribution in [1.29, 1.82) is 0 Å². The Labute approximate surface area is 242 Å². The largest absolute Gasteiger partial charge is 0.551 e. The molecule has 5 heteroatoms. The molecule has 2 aliphatic rings. The predicted molar refractivity (Wildman–Crippen MR) is 169 cm³/mol. The minimum absolute atomic E-state index is 0.266. The number of hydrogen-bond acceptors (Lipinski definition) is 2. The molecule has 192 valence electrons. The first kappa shape index (κ1) is 22.8. The van der Waals surface area contributed by atoms with Crippen LogP contribution in [0.5, 0.6) is 17.2 Å². The number of nitrogens with zero attached hydrogens (tertiary/aromatic N) is 1. The van der Waals surface area contributed by atoms with E-state index >= 15 is 0 Å². The molecule has 41 heavy (non-hydrogen) atoms. The van der Waals surface area contributed by atoms with Crippen LogP contribution in [-0.4, -0.2) is 11.5 Å². The van der Waals surface area contributed by atoms with E-state index in [-0.39, 0.29) is 6.92 Å². The zero-order chi connectivity index (χ0) is 27.1. The molecular formula is C36H21BClNO2. The molecule has 0 radical (unpaired) electrons.